The van der Waals surface area contributed by atoms with E-state index in [2.05, 4.69) is 32.0 Å². The Hall–Kier alpha value is -0.820. The highest BCUT2D eigenvalue weighted by Crippen LogP contribution is 2.29. The molecule has 0 spiro atoms. The highest BCUT2D eigenvalue weighted by molar-refractivity contribution is 5.34. The van der Waals surface area contributed by atoms with E-state index in [0.29, 0.717) is 5.92 Å². The van der Waals surface area contributed by atoms with Gasteiger partial charge in [0.2, 0.25) is 0 Å². The first kappa shape index (κ1) is 11.7. The molecule has 1 nitrogen and oxygen atoms in total. The molecule has 0 bridgehead atoms. The van der Waals surface area contributed by atoms with Gasteiger partial charge in [-0.2, -0.15) is 0 Å². The normalized spacial score (nSPS) is 20.6. The molecule has 0 fully saturated rings. The van der Waals surface area contributed by atoms with E-state index >= 15 is 0 Å². The van der Waals surface area contributed by atoms with Crippen molar-refractivity contribution >= 4 is 0 Å². The van der Waals surface area contributed by atoms with Gasteiger partial charge in [0.05, 0.1) is 6.10 Å². The highest BCUT2D eigenvalue weighted by Gasteiger charge is 2.16. The van der Waals surface area contributed by atoms with Crippen molar-refractivity contribution in [2.45, 2.75) is 52.1 Å². The van der Waals surface area contributed by atoms with Crippen LogP contribution in [0.4, 0.5) is 0 Å². The van der Waals surface area contributed by atoms with E-state index in [4.69, 9.17) is 0 Å². The number of aliphatic hydroxyl groups is 1. The first-order valence-electron chi connectivity index (χ1n) is 6.46. The van der Waals surface area contributed by atoms with Gasteiger partial charge in [0.1, 0.15) is 0 Å². The van der Waals surface area contributed by atoms with E-state index in [1.165, 1.54) is 23.1 Å². The van der Waals surface area contributed by atoms with Gasteiger partial charge >= 0.3 is 0 Å². The summed E-state index contributed by atoms with van der Waals surface area (Å²) in [5.41, 5.74) is 3.92. The average molecular weight is 218 g/mol. The van der Waals surface area contributed by atoms with E-state index in [9.17, 15) is 5.11 Å². The molecule has 1 heteroatoms. The van der Waals surface area contributed by atoms with E-state index in [1.807, 2.05) is 0 Å². The maximum atomic E-state index is 10.1. The summed E-state index contributed by atoms with van der Waals surface area (Å²) in [6.07, 6.45) is 5.31. The van der Waals surface area contributed by atoms with Crippen LogP contribution < -0.4 is 0 Å². The first-order chi connectivity index (χ1) is 7.66. The summed E-state index contributed by atoms with van der Waals surface area (Å²) < 4.78 is 0. The van der Waals surface area contributed by atoms with Crippen LogP contribution in [-0.2, 0) is 12.8 Å². The molecule has 0 saturated carbocycles. The van der Waals surface area contributed by atoms with Crippen LogP contribution in [0.2, 0.25) is 0 Å². The van der Waals surface area contributed by atoms with Crippen molar-refractivity contribution in [2.24, 2.45) is 5.92 Å². The molecule has 2 rings (SSSR count). The van der Waals surface area contributed by atoms with Gasteiger partial charge in [0.15, 0.2) is 0 Å². The van der Waals surface area contributed by atoms with Gasteiger partial charge in [0, 0.05) is 0 Å². The average Bonchev–Trinajstić information content (AvgIpc) is 2.41. The monoisotopic (exact) mass is 218 g/mol. The van der Waals surface area contributed by atoms with Gasteiger partial charge in [-0.15, -0.1) is 0 Å². The fourth-order valence-corrected chi connectivity index (χ4v) is 2.59. The topological polar surface area (TPSA) is 20.2 Å². The van der Waals surface area contributed by atoms with E-state index in [1.54, 1.807) is 0 Å². The molecule has 1 aliphatic rings. The maximum Gasteiger partial charge on any atom is 0.0792 e. The number of benzene rings is 1. The Morgan fingerprint density at radius 1 is 1.31 bits per heavy atom. The smallest absolute Gasteiger partial charge is 0.0792 e. The summed E-state index contributed by atoms with van der Waals surface area (Å²) in [6.45, 7) is 4.48. The van der Waals surface area contributed by atoms with Gasteiger partial charge in [-0.1, -0.05) is 38.5 Å². The third-order valence-corrected chi connectivity index (χ3v) is 3.39. The fraction of sp³-hybridized carbons (Fsp3) is 0.600. The van der Waals surface area contributed by atoms with Crippen molar-refractivity contribution < 1.29 is 5.11 Å². The summed E-state index contributed by atoms with van der Waals surface area (Å²) in [5, 5.41) is 10.1. The Morgan fingerprint density at radius 2 is 2.12 bits per heavy atom. The fourth-order valence-electron chi connectivity index (χ4n) is 2.59. The molecule has 1 atom stereocenters. The molecule has 0 amide bonds. The number of aryl methyl sites for hydroxylation is 1. The van der Waals surface area contributed by atoms with Crippen molar-refractivity contribution in [3.63, 3.8) is 0 Å². The van der Waals surface area contributed by atoms with Crippen LogP contribution in [0.3, 0.4) is 0 Å². The van der Waals surface area contributed by atoms with Gasteiger partial charge in [0.25, 0.3) is 0 Å². The number of hydrogen-bond donors (Lipinski definition) is 1. The Kier molecular flexibility index (Phi) is 3.65. The molecule has 0 heterocycles. The van der Waals surface area contributed by atoms with Crippen LogP contribution in [0.15, 0.2) is 18.2 Å². The Bertz CT molecular complexity index is 354. The molecule has 0 saturated heterocycles. The van der Waals surface area contributed by atoms with Crippen LogP contribution in [0, 0.1) is 5.92 Å². The van der Waals surface area contributed by atoms with Crippen molar-refractivity contribution in [1.82, 2.24) is 0 Å². The zero-order valence-corrected chi connectivity index (χ0v) is 10.4. The second-order valence-corrected chi connectivity index (χ2v) is 5.39. The maximum absolute atomic E-state index is 10.1. The number of aliphatic hydroxyl groups excluding tert-OH is 1. The second-order valence-electron chi connectivity index (χ2n) is 5.39. The molecule has 1 aromatic carbocycles. The predicted octanol–water partition coefficient (Wildman–Crippen LogP) is 3.64. The molecule has 1 aliphatic carbocycles. The van der Waals surface area contributed by atoms with Crippen LogP contribution in [0.5, 0.6) is 0 Å². The lowest BCUT2D eigenvalue weighted by molar-refractivity contribution is 0.166. The number of hydrogen-bond acceptors (Lipinski definition) is 1. The van der Waals surface area contributed by atoms with Gasteiger partial charge in [-0.25, -0.2) is 0 Å². The Labute approximate surface area is 98.5 Å². The predicted molar refractivity (Wildman–Crippen MR) is 67.5 cm³/mol. The van der Waals surface area contributed by atoms with E-state index in [-0.39, 0.29) is 6.10 Å². The minimum absolute atomic E-state index is 0.232. The van der Waals surface area contributed by atoms with Crippen molar-refractivity contribution in [1.29, 1.82) is 0 Å². The summed E-state index contributed by atoms with van der Waals surface area (Å²) in [7, 11) is 0. The summed E-state index contributed by atoms with van der Waals surface area (Å²) in [4.78, 5) is 0. The molecule has 0 aromatic heterocycles. The lowest BCUT2D eigenvalue weighted by atomic mass is 9.94. The largest absolute Gasteiger partial charge is 0.388 e. The molecule has 0 radical (unpaired) electrons. The van der Waals surface area contributed by atoms with Crippen LogP contribution in [-0.4, -0.2) is 5.11 Å². The minimum atomic E-state index is -0.232. The second kappa shape index (κ2) is 5.01. The number of fused-ring (bicyclic) bond motifs is 1. The Morgan fingerprint density at radius 3 is 2.88 bits per heavy atom. The SMILES string of the molecule is CC(C)Cc1ccc2c(c1)[C@H](O)CCCC2. The van der Waals surface area contributed by atoms with E-state index in [0.717, 1.165) is 25.7 Å². The molecule has 16 heavy (non-hydrogen) atoms. The quantitative estimate of drug-likeness (QED) is 0.751. The van der Waals surface area contributed by atoms with Gasteiger partial charge in [-0.3, -0.25) is 0 Å². The molecule has 0 unspecified atom stereocenters. The standard InChI is InChI=1S/C15H22O/c1-11(2)9-12-7-8-13-5-3-4-6-15(16)14(13)10-12/h7-8,10-11,15-16H,3-6,9H2,1-2H3/t15-/m1/s1. The van der Waals surface area contributed by atoms with Crippen LogP contribution in [0.1, 0.15) is 55.9 Å². The molecule has 1 N–H and O–H groups in total. The third-order valence-electron chi connectivity index (χ3n) is 3.39. The molecule has 1 aromatic rings. The van der Waals surface area contributed by atoms with Crippen molar-refractivity contribution in [2.75, 3.05) is 0 Å². The van der Waals surface area contributed by atoms with Gasteiger partial charge < -0.3 is 5.11 Å². The van der Waals surface area contributed by atoms with Crippen molar-refractivity contribution in [3.8, 4) is 0 Å². The molecular formula is C15H22O. The first-order valence-corrected chi connectivity index (χ1v) is 6.46. The van der Waals surface area contributed by atoms with Gasteiger partial charge in [-0.05, 0) is 48.3 Å². The third kappa shape index (κ3) is 2.65. The Balaban J connectivity index is 2.28. The molecular weight excluding hydrogens is 196 g/mol. The van der Waals surface area contributed by atoms with Crippen LogP contribution >= 0.6 is 0 Å². The van der Waals surface area contributed by atoms with Crippen molar-refractivity contribution in [3.05, 3.63) is 34.9 Å². The molecule has 0 aliphatic heterocycles. The number of rotatable bonds is 2. The summed E-state index contributed by atoms with van der Waals surface area (Å²) in [6, 6.07) is 6.68. The zero-order chi connectivity index (χ0) is 11.5. The zero-order valence-electron chi connectivity index (χ0n) is 10.4. The summed E-state index contributed by atoms with van der Waals surface area (Å²) >= 11 is 0. The molecule has 88 valence electrons. The minimum Gasteiger partial charge on any atom is -0.388 e. The van der Waals surface area contributed by atoms with Crippen LogP contribution in [0.25, 0.3) is 0 Å². The summed E-state index contributed by atoms with van der Waals surface area (Å²) in [5.74, 6) is 0.681. The highest BCUT2D eigenvalue weighted by atomic mass is 16.3. The lowest BCUT2D eigenvalue weighted by Crippen LogP contribution is -2.02. The van der Waals surface area contributed by atoms with E-state index < -0.39 is 0 Å². The lowest BCUT2D eigenvalue weighted by Gasteiger charge is -2.14.